The summed E-state index contributed by atoms with van der Waals surface area (Å²) < 4.78 is 5.42. The molecule has 1 aliphatic heterocycles. The Morgan fingerprint density at radius 3 is 2.54 bits per heavy atom. The quantitative estimate of drug-likeness (QED) is 0.756. The fourth-order valence-electron chi connectivity index (χ4n) is 3.49. The lowest BCUT2D eigenvalue weighted by molar-refractivity contribution is -0.160. The highest BCUT2D eigenvalue weighted by atomic mass is 16.6. The average Bonchev–Trinajstić information content (AvgIpc) is 3.43. The lowest BCUT2D eigenvalue weighted by Crippen LogP contribution is -2.48. The second-order valence-corrected chi connectivity index (χ2v) is 8.27. The van der Waals surface area contributed by atoms with E-state index in [9.17, 15) is 9.59 Å². The summed E-state index contributed by atoms with van der Waals surface area (Å²) in [7, 11) is 0. The number of amides is 1. The van der Waals surface area contributed by atoms with E-state index < -0.39 is 5.60 Å². The number of carbonyl (C=O) groups is 2. The van der Waals surface area contributed by atoms with Crippen LogP contribution in [0.1, 0.15) is 46.5 Å². The molecule has 26 heavy (non-hydrogen) atoms. The predicted octanol–water partition coefficient (Wildman–Crippen LogP) is 2.63. The van der Waals surface area contributed by atoms with Gasteiger partial charge in [-0.2, -0.15) is 0 Å². The molecule has 1 aliphatic carbocycles. The standard InChI is InChI=1S/C20H29N3O3/c1-20(2,3)26-18(24)14-23(17-6-7-17)19(25)15-5-4-12-22(13-15)16-8-10-21-11-9-16/h8-11,15,17H,4-7,12-14H2,1-3H3. The molecule has 0 spiro atoms. The van der Waals surface area contributed by atoms with Crippen LogP contribution in [0.5, 0.6) is 0 Å². The number of esters is 1. The van der Waals surface area contributed by atoms with Gasteiger partial charge >= 0.3 is 5.97 Å². The first-order chi connectivity index (χ1) is 12.3. The molecule has 1 aromatic rings. The predicted molar refractivity (Wildman–Crippen MR) is 99.8 cm³/mol. The van der Waals surface area contributed by atoms with Crippen molar-refractivity contribution in [1.29, 1.82) is 0 Å². The lowest BCUT2D eigenvalue weighted by atomic mass is 9.96. The fourth-order valence-corrected chi connectivity index (χ4v) is 3.49. The van der Waals surface area contributed by atoms with Gasteiger partial charge in [0.2, 0.25) is 5.91 Å². The van der Waals surface area contributed by atoms with Crippen molar-refractivity contribution < 1.29 is 14.3 Å². The molecule has 1 aromatic heterocycles. The second-order valence-electron chi connectivity index (χ2n) is 8.27. The van der Waals surface area contributed by atoms with E-state index >= 15 is 0 Å². The number of aromatic nitrogens is 1. The minimum Gasteiger partial charge on any atom is -0.459 e. The van der Waals surface area contributed by atoms with Gasteiger partial charge in [0.15, 0.2) is 0 Å². The Labute approximate surface area is 155 Å². The Morgan fingerprint density at radius 1 is 1.23 bits per heavy atom. The summed E-state index contributed by atoms with van der Waals surface area (Å²) in [6, 6.07) is 4.16. The molecule has 6 heteroatoms. The number of hydrogen-bond acceptors (Lipinski definition) is 5. The summed E-state index contributed by atoms with van der Waals surface area (Å²) in [6.45, 7) is 7.25. The number of ether oxygens (including phenoxy) is 1. The van der Waals surface area contributed by atoms with Crippen molar-refractivity contribution in [2.45, 2.75) is 58.1 Å². The molecule has 2 aliphatic rings. The molecule has 1 amide bonds. The minimum absolute atomic E-state index is 0.0620. The van der Waals surface area contributed by atoms with Crippen molar-refractivity contribution in [3.63, 3.8) is 0 Å². The maximum Gasteiger partial charge on any atom is 0.326 e. The van der Waals surface area contributed by atoms with Crippen LogP contribution in [-0.2, 0) is 14.3 Å². The van der Waals surface area contributed by atoms with E-state index in [0.717, 1.165) is 37.9 Å². The third-order valence-electron chi connectivity index (χ3n) is 4.79. The summed E-state index contributed by atoms with van der Waals surface area (Å²) in [5, 5.41) is 0. The molecule has 1 atom stereocenters. The van der Waals surface area contributed by atoms with Crippen molar-refractivity contribution >= 4 is 17.6 Å². The highest BCUT2D eigenvalue weighted by molar-refractivity contribution is 5.85. The number of hydrogen-bond donors (Lipinski definition) is 0. The second kappa shape index (κ2) is 7.64. The summed E-state index contributed by atoms with van der Waals surface area (Å²) in [4.78, 5) is 33.4. The zero-order chi connectivity index (χ0) is 18.7. The number of piperidine rings is 1. The molecule has 0 bridgehead atoms. The highest BCUT2D eigenvalue weighted by Crippen LogP contribution is 2.31. The van der Waals surface area contributed by atoms with Crippen LogP contribution in [0.4, 0.5) is 5.69 Å². The molecule has 2 heterocycles. The van der Waals surface area contributed by atoms with Gasteiger partial charge in [-0.1, -0.05) is 0 Å². The first kappa shape index (κ1) is 18.7. The monoisotopic (exact) mass is 359 g/mol. The molecule has 1 saturated heterocycles. The topological polar surface area (TPSA) is 62.7 Å². The molecule has 6 nitrogen and oxygen atoms in total. The van der Waals surface area contributed by atoms with Crippen LogP contribution >= 0.6 is 0 Å². The van der Waals surface area contributed by atoms with Gasteiger partial charge in [-0.15, -0.1) is 0 Å². The Hall–Kier alpha value is -2.11. The van der Waals surface area contributed by atoms with Crippen LogP contribution in [-0.4, -0.2) is 53.0 Å². The molecule has 1 unspecified atom stereocenters. The van der Waals surface area contributed by atoms with Gasteiger partial charge in [-0.25, -0.2) is 0 Å². The Morgan fingerprint density at radius 2 is 1.92 bits per heavy atom. The molecule has 0 aromatic carbocycles. The third-order valence-corrected chi connectivity index (χ3v) is 4.79. The molecule has 0 N–H and O–H groups in total. The van der Waals surface area contributed by atoms with Crippen LogP contribution in [0.25, 0.3) is 0 Å². The highest BCUT2D eigenvalue weighted by Gasteiger charge is 2.39. The molecule has 2 fully saturated rings. The summed E-state index contributed by atoms with van der Waals surface area (Å²) in [5.41, 5.74) is 0.570. The first-order valence-electron chi connectivity index (χ1n) is 9.51. The fraction of sp³-hybridized carbons (Fsp3) is 0.650. The Balaban J connectivity index is 1.64. The number of rotatable bonds is 5. The minimum atomic E-state index is -0.529. The van der Waals surface area contributed by atoms with E-state index in [2.05, 4.69) is 9.88 Å². The maximum atomic E-state index is 13.1. The van der Waals surface area contributed by atoms with E-state index in [1.807, 2.05) is 32.9 Å². The smallest absolute Gasteiger partial charge is 0.326 e. The van der Waals surface area contributed by atoms with Crippen molar-refractivity contribution in [1.82, 2.24) is 9.88 Å². The Kier molecular flexibility index (Phi) is 5.49. The maximum absolute atomic E-state index is 13.1. The molecule has 1 saturated carbocycles. The van der Waals surface area contributed by atoms with Crippen molar-refractivity contribution in [2.24, 2.45) is 5.92 Å². The van der Waals surface area contributed by atoms with Gasteiger partial charge in [-0.05, 0) is 58.6 Å². The largest absolute Gasteiger partial charge is 0.459 e. The SMILES string of the molecule is CC(C)(C)OC(=O)CN(C(=O)C1CCCN(c2ccncc2)C1)C1CC1. The van der Waals surface area contributed by atoms with E-state index in [1.165, 1.54) is 0 Å². The molecular formula is C20H29N3O3. The zero-order valence-electron chi connectivity index (χ0n) is 16.0. The van der Waals surface area contributed by atoms with Crippen LogP contribution < -0.4 is 4.90 Å². The van der Waals surface area contributed by atoms with Crippen LogP contribution in [0, 0.1) is 5.92 Å². The summed E-state index contributed by atoms with van der Waals surface area (Å²) in [6.07, 6.45) is 7.37. The molecule has 0 radical (unpaired) electrons. The number of carbonyl (C=O) groups excluding carboxylic acids is 2. The number of nitrogens with zero attached hydrogens (tertiary/aromatic N) is 3. The normalized spacial score (nSPS) is 20.6. The average molecular weight is 359 g/mol. The van der Waals surface area contributed by atoms with Crippen molar-refractivity contribution in [2.75, 3.05) is 24.5 Å². The van der Waals surface area contributed by atoms with Crippen molar-refractivity contribution in [3.05, 3.63) is 24.5 Å². The van der Waals surface area contributed by atoms with E-state index in [0.29, 0.717) is 6.54 Å². The van der Waals surface area contributed by atoms with Crippen molar-refractivity contribution in [3.8, 4) is 0 Å². The molecular weight excluding hydrogens is 330 g/mol. The van der Waals surface area contributed by atoms with E-state index in [1.54, 1.807) is 17.3 Å². The number of anilines is 1. The Bertz CT molecular complexity index is 637. The zero-order valence-corrected chi connectivity index (χ0v) is 16.0. The van der Waals surface area contributed by atoms with Crippen LogP contribution in [0.15, 0.2) is 24.5 Å². The lowest BCUT2D eigenvalue weighted by Gasteiger charge is -2.36. The number of pyridine rings is 1. The summed E-state index contributed by atoms with van der Waals surface area (Å²) >= 11 is 0. The molecule has 142 valence electrons. The van der Waals surface area contributed by atoms with Gasteiger partial charge in [0.05, 0.1) is 5.92 Å². The van der Waals surface area contributed by atoms with Gasteiger partial charge in [0.1, 0.15) is 12.1 Å². The summed E-state index contributed by atoms with van der Waals surface area (Å²) in [5.74, 6) is -0.295. The first-order valence-corrected chi connectivity index (χ1v) is 9.51. The van der Waals surface area contributed by atoms with Gasteiger partial charge in [-0.3, -0.25) is 14.6 Å². The van der Waals surface area contributed by atoms with Gasteiger partial charge in [0.25, 0.3) is 0 Å². The van der Waals surface area contributed by atoms with Gasteiger partial charge < -0.3 is 14.5 Å². The van der Waals surface area contributed by atoms with Crippen LogP contribution in [0.2, 0.25) is 0 Å². The van der Waals surface area contributed by atoms with Gasteiger partial charge in [0, 0.05) is 37.2 Å². The van der Waals surface area contributed by atoms with Crippen LogP contribution in [0.3, 0.4) is 0 Å². The van der Waals surface area contributed by atoms with E-state index in [-0.39, 0.29) is 30.4 Å². The van der Waals surface area contributed by atoms with E-state index in [4.69, 9.17) is 4.74 Å². The third kappa shape index (κ3) is 4.96. The molecule has 3 rings (SSSR count).